The van der Waals surface area contributed by atoms with Crippen LogP contribution in [0.3, 0.4) is 0 Å². The lowest BCUT2D eigenvalue weighted by molar-refractivity contribution is -0.354. The van der Waals surface area contributed by atoms with Crippen molar-refractivity contribution in [2.45, 2.75) is 25.7 Å². The molecule has 0 spiro atoms. The number of methoxy groups -OCH3 is 3. The minimum atomic E-state index is -0.927. The van der Waals surface area contributed by atoms with Crippen molar-refractivity contribution in [2.24, 2.45) is 0 Å². The number of hydrogen-bond acceptors (Lipinski definition) is 3. The molecular formula is C13H20O3. The Morgan fingerprint density at radius 1 is 1.06 bits per heavy atom. The molecule has 0 bridgehead atoms. The molecule has 1 aromatic rings. The fourth-order valence-corrected chi connectivity index (χ4v) is 1.72. The van der Waals surface area contributed by atoms with Crippen molar-refractivity contribution in [1.82, 2.24) is 0 Å². The van der Waals surface area contributed by atoms with E-state index in [0.29, 0.717) is 6.42 Å². The maximum Gasteiger partial charge on any atom is 0.282 e. The Labute approximate surface area is 97.3 Å². The van der Waals surface area contributed by atoms with Gasteiger partial charge in [0.2, 0.25) is 0 Å². The number of benzene rings is 1. The average Bonchev–Trinajstić information content (AvgIpc) is 2.32. The molecule has 3 nitrogen and oxygen atoms in total. The molecule has 0 aliphatic heterocycles. The van der Waals surface area contributed by atoms with Gasteiger partial charge >= 0.3 is 0 Å². The molecule has 0 aliphatic rings. The normalized spacial score (nSPS) is 11.8. The first-order valence-corrected chi connectivity index (χ1v) is 5.37. The van der Waals surface area contributed by atoms with E-state index >= 15 is 0 Å². The van der Waals surface area contributed by atoms with E-state index in [1.807, 2.05) is 0 Å². The molecule has 0 saturated carbocycles. The zero-order chi connectivity index (χ0) is 12.0. The lowest BCUT2D eigenvalue weighted by Gasteiger charge is -2.28. The van der Waals surface area contributed by atoms with Crippen LogP contribution >= 0.6 is 0 Å². The summed E-state index contributed by atoms with van der Waals surface area (Å²) in [5.74, 6) is -0.927. The molecule has 0 N–H and O–H groups in total. The molecule has 0 heterocycles. The Kier molecular flexibility index (Phi) is 4.93. The van der Waals surface area contributed by atoms with E-state index in [-0.39, 0.29) is 0 Å². The molecule has 90 valence electrons. The summed E-state index contributed by atoms with van der Waals surface area (Å²) < 4.78 is 15.7. The SMILES string of the molecule is COC(CCc1cccc(C)c1)(OC)OC. The second kappa shape index (κ2) is 5.99. The first kappa shape index (κ1) is 13.2. The third kappa shape index (κ3) is 3.30. The third-order valence-corrected chi connectivity index (χ3v) is 2.74. The van der Waals surface area contributed by atoms with E-state index < -0.39 is 5.97 Å². The van der Waals surface area contributed by atoms with E-state index in [1.165, 1.54) is 11.1 Å². The van der Waals surface area contributed by atoms with Gasteiger partial charge in [-0.2, -0.15) is 0 Å². The largest absolute Gasteiger partial charge is 0.331 e. The molecule has 0 amide bonds. The van der Waals surface area contributed by atoms with Gasteiger partial charge in [-0.15, -0.1) is 0 Å². The Bertz CT molecular complexity index is 310. The van der Waals surface area contributed by atoms with Gasteiger partial charge in [-0.3, -0.25) is 0 Å². The Hall–Kier alpha value is -0.900. The lowest BCUT2D eigenvalue weighted by Crippen LogP contribution is -2.36. The lowest BCUT2D eigenvalue weighted by atomic mass is 10.1. The third-order valence-electron chi connectivity index (χ3n) is 2.74. The van der Waals surface area contributed by atoms with Crippen molar-refractivity contribution < 1.29 is 14.2 Å². The summed E-state index contributed by atoms with van der Waals surface area (Å²) in [5.41, 5.74) is 2.52. The maximum absolute atomic E-state index is 5.24. The van der Waals surface area contributed by atoms with Crippen molar-refractivity contribution >= 4 is 0 Å². The Morgan fingerprint density at radius 3 is 2.19 bits per heavy atom. The van der Waals surface area contributed by atoms with Crippen LogP contribution in [-0.4, -0.2) is 27.3 Å². The molecule has 0 aliphatic carbocycles. The molecule has 0 saturated heterocycles. The number of hydrogen-bond donors (Lipinski definition) is 0. The van der Waals surface area contributed by atoms with Crippen molar-refractivity contribution in [3.8, 4) is 0 Å². The highest BCUT2D eigenvalue weighted by Gasteiger charge is 2.28. The minimum Gasteiger partial charge on any atom is -0.331 e. The molecule has 0 atom stereocenters. The summed E-state index contributed by atoms with van der Waals surface area (Å²) in [4.78, 5) is 0. The van der Waals surface area contributed by atoms with Crippen molar-refractivity contribution in [3.05, 3.63) is 35.4 Å². The van der Waals surface area contributed by atoms with Crippen molar-refractivity contribution in [2.75, 3.05) is 21.3 Å². The monoisotopic (exact) mass is 224 g/mol. The van der Waals surface area contributed by atoms with Crippen LogP contribution in [0.4, 0.5) is 0 Å². The number of rotatable bonds is 6. The quantitative estimate of drug-likeness (QED) is 0.695. The summed E-state index contributed by atoms with van der Waals surface area (Å²) >= 11 is 0. The fourth-order valence-electron chi connectivity index (χ4n) is 1.72. The fraction of sp³-hybridized carbons (Fsp3) is 0.538. The smallest absolute Gasteiger partial charge is 0.282 e. The van der Waals surface area contributed by atoms with Crippen molar-refractivity contribution in [3.63, 3.8) is 0 Å². The van der Waals surface area contributed by atoms with Gasteiger partial charge in [0, 0.05) is 27.8 Å². The molecule has 0 unspecified atom stereocenters. The van der Waals surface area contributed by atoms with Gasteiger partial charge in [-0.1, -0.05) is 29.8 Å². The molecule has 0 fully saturated rings. The van der Waals surface area contributed by atoms with Crippen LogP contribution in [0.5, 0.6) is 0 Å². The molecule has 16 heavy (non-hydrogen) atoms. The molecule has 1 rings (SSSR count). The summed E-state index contributed by atoms with van der Waals surface area (Å²) in [6.45, 7) is 2.08. The first-order chi connectivity index (χ1) is 7.65. The summed E-state index contributed by atoms with van der Waals surface area (Å²) in [5, 5.41) is 0. The zero-order valence-corrected chi connectivity index (χ0v) is 10.4. The predicted molar refractivity (Wildman–Crippen MR) is 63.3 cm³/mol. The van der Waals surface area contributed by atoms with Gasteiger partial charge in [-0.05, 0) is 18.9 Å². The average molecular weight is 224 g/mol. The van der Waals surface area contributed by atoms with Gasteiger partial charge in [0.15, 0.2) is 0 Å². The summed E-state index contributed by atoms with van der Waals surface area (Å²) in [6.07, 6.45) is 1.52. The second-order valence-electron chi connectivity index (χ2n) is 3.78. The van der Waals surface area contributed by atoms with Crippen LogP contribution in [0, 0.1) is 6.92 Å². The highest BCUT2D eigenvalue weighted by atomic mass is 16.9. The van der Waals surface area contributed by atoms with Crippen molar-refractivity contribution in [1.29, 1.82) is 0 Å². The van der Waals surface area contributed by atoms with Crippen LogP contribution in [0.2, 0.25) is 0 Å². The zero-order valence-electron chi connectivity index (χ0n) is 10.4. The van der Waals surface area contributed by atoms with Crippen LogP contribution in [0.25, 0.3) is 0 Å². The van der Waals surface area contributed by atoms with E-state index in [4.69, 9.17) is 14.2 Å². The molecule has 3 heteroatoms. The Morgan fingerprint density at radius 2 is 1.69 bits per heavy atom. The van der Waals surface area contributed by atoms with E-state index in [0.717, 1.165) is 6.42 Å². The van der Waals surface area contributed by atoms with Gasteiger partial charge in [-0.25, -0.2) is 0 Å². The molecule has 0 aromatic heterocycles. The van der Waals surface area contributed by atoms with Gasteiger partial charge in [0.25, 0.3) is 5.97 Å². The van der Waals surface area contributed by atoms with Crippen LogP contribution < -0.4 is 0 Å². The van der Waals surface area contributed by atoms with Gasteiger partial charge in [0.05, 0.1) is 0 Å². The second-order valence-corrected chi connectivity index (χ2v) is 3.78. The molecule has 0 radical (unpaired) electrons. The van der Waals surface area contributed by atoms with E-state index in [1.54, 1.807) is 21.3 Å². The molecular weight excluding hydrogens is 204 g/mol. The topological polar surface area (TPSA) is 27.7 Å². The number of aryl methyl sites for hydroxylation is 2. The number of ether oxygens (including phenoxy) is 3. The van der Waals surface area contributed by atoms with E-state index in [9.17, 15) is 0 Å². The summed E-state index contributed by atoms with van der Waals surface area (Å²) in [6, 6.07) is 8.39. The van der Waals surface area contributed by atoms with E-state index in [2.05, 4.69) is 31.2 Å². The van der Waals surface area contributed by atoms with Crippen LogP contribution in [-0.2, 0) is 20.6 Å². The maximum atomic E-state index is 5.24. The predicted octanol–water partition coefficient (Wildman–Crippen LogP) is 2.52. The molecule has 1 aromatic carbocycles. The van der Waals surface area contributed by atoms with Crippen LogP contribution in [0.15, 0.2) is 24.3 Å². The highest BCUT2D eigenvalue weighted by Crippen LogP contribution is 2.20. The van der Waals surface area contributed by atoms with Gasteiger partial charge < -0.3 is 14.2 Å². The standard InChI is InChI=1S/C13H20O3/c1-11-6-5-7-12(10-11)8-9-13(14-2,15-3)16-4/h5-7,10H,8-9H2,1-4H3. The summed E-state index contributed by atoms with van der Waals surface area (Å²) in [7, 11) is 4.76. The van der Waals surface area contributed by atoms with Crippen LogP contribution in [0.1, 0.15) is 17.5 Å². The first-order valence-electron chi connectivity index (χ1n) is 5.37. The van der Waals surface area contributed by atoms with Gasteiger partial charge in [0.1, 0.15) is 0 Å². The minimum absolute atomic E-state index is 0.667. The Balaban J connectivity index is 2.62. The highest BCUT2D eigenvalue weighted by molar-refractivity contribution is 5.22.